The summed E-state index contributed by atoms with van der Waals surface area (Å²) in [5.41, 5.74) is 1.65. The van der Waals surface area contributed by atoms with Gasteiger partial charge in [-0.1, -0.05) is 13.8 Å². The van der Waals surface area contributed by atoms with Gasteiger partial charge in [0.1, 0.15) is 17.5 Å². The molecule has 0 radical (unpaired) electrons. The van der Waals surface area contributed by atoms with Crippen LogP contribution in [0.2, 0.25) is 0 Å². The first-order valence-electron chi connectivity index (χ1n) is 7.92. The fraction of sp³-hybridized carbons (Fsp3) is 0.611. The molecule has 0 amide bonds. The normalized spacial score (nSPS) is 19.7. The second-order valence-corrected chi connectivity index (χ2v) is 7.44. The van der Waals surface area contributed by atoms with E-state index in [-0.39, 0.29) is 0 Å². The number of aldehydes is 1. The number of nitrogens with zero attached hydrogens (tertiary/aromatic N) is 1. The zero-order valence-electron chi connectivity index (χ0n) is 14.5. The number of hydrogen-bond acceptors (Lipinski definition) is 4. The Morgan fingerprint density at radius 3 is 2.18 bits per heavy atom. The quantitative estimate of drug-likeness (QED) is 0.759. The molecule has 0 aliphatic carbocycles. The van der Waals surface area contributed by atoms with Gasteiger partial charge in [-0.05, 0) is 70.2 Å². The van der Waals surface area contributed by atoms with Crippen LogP contribution in [0.15, 0.2) is 18.2 Å². The maximum atomic E-state index is 11.2. The molecule has 1 aromatic rings. The zero-order chi connectivity index (χ0) is 16.5. The summed E-state index contributed by atoms with van der Waals surface area (Å²) in [5.74, 6) is 0.625. The molecule has 2 rings (SSSR count). The molecule has 1 saturated heterocycles. The Morgan fingerprint density at radius 1 is 1.09 bits per heavy atom. The van der Waals surface area contributed by atoms with Crippen LogP contribution in [0.25, 0.3) is 0 Å². The van der Waals surface area contributed by atoms with Crippen molar-refractivity contribution in [2.75, 3.05) is 5.23 Å². The molecule has 4 nitrogen and oxygen atoms in total. The fourth-order valence-electron chi connectivity index (χ4n) is 2.23. The van der Waals surface area contributed by atoms with Gasteiger partial charge in [-0.25, -0.2) is 9.68 Å². The van der Waals surface area contributed by atoms with Gasteiger partial charge >= 0.3 is 0 Å². The first-order chi connectivity index (χ1) is 10.1. The minimum absolute atomic E-state index is 0.442. The van der Waals surface area contributed by atoms with Crippen molar-refractivity contribution in [1.82, 2.24) is 0 Å². The van der Waals surface area contributed by atoms with Gasteiger partial charge in [-0.3, -0.25) is 4.79 Å². The number of rotatable bonds is 5. The van der Waals surface area contributed by atoms with Crippen molar-refractivity contribution in [2.24, 2.45) is 5.92 Å². The fourth-order valence-corrected chi connectivity index (χ4v) is 2.23. The average Bonchev–Trinajstić information content (AvgIpc) is 2.65. The van der Waals surface area contributed by atoms with Crippen molar-refractivity contribution < 1.29 is 14.5 Å². The average molecular weight is 305 g/mol. The third-order valence-electron chi connectivity index (χ3n) is 4.43. The number of carbonyl (C=O) groups excluding carboxylic acids is 1. The van der Waals surface area contributed by atoms with E-state index < -0.39 is 11.2 Å². The van der Waals surface area contributed by atoms with E-state index in [4.69, 9.17) is 9.68 Å². The van der Waals surface area contributed by atoms with Gasteiger partial charge in [-0.15, -0.1) is 5.23 Å². The zero-order valence-corrected chi connectivity index (χ0v) is 14.5. The largest absolute Gasteiger partial charge is 0.298 e. The molecule has 1 heterocycles. The monoisotopic (exact) mass is 305 g/mol. The van der Waals surface area contributed by atoms with Crippen molar-refractivity contribution in [3.63, 3.8) is 0 Å². The van der Waals surface area contributed by atoms with Gasteiger partial charge in [0.15, 0.2) is 0 Å². The molecule has 0 unspecified atom stereocenters. The summed E-state index contributed by atoms with van der Waals surface area (Å²) in [4.78, 5) is 23.1. The van der Waals surface area contributed by atoms with Crippen LogP contribution in [-0.2, 0) is 16.1 Å². The van der Waals surface area contributed by atoms with E-state index >= 15 is 0 Å². The Bertz CT molecular complexity index is 533. The van der Waals surface area contributed by atoms with Crippen LogP contribution in [-0.4, -0.2) is 17.5 Å². The predicted octanol–water partition coefficient (Wildman–Crippen LogP) is 4.33. The van der Waals surface area contributed by atoms with Crippen molar-refractivity contribution in [1.29, 1.82) is 0 Å². The van der Waals surface area contributed by atoms with Crippen LogP contribution in [0.5, 0.6) is 0 Å². The smallest absolute Gasteiger partial charge is 0.150 e. The molecule has 0 atom stereocenters. The maximum Gasteiger partial charge on any atom is 0.150 e. The maximum absolute atomic E-state index is 11.2. The van der Waals surface area contributed by atoms with Crippen LogP contribution in [0, 0.1) is 5.92 Å². The molecular weight excluding hydrogens is 278 g/mol. The summed E-state index contributed by atoms with van der Waals surface area (Å²) in [5, 5.41) is 1.45. The molecule has 0 aromatic heterocycles. The highest BCUT2D eigenvalue weighted by molar-refractivity contribution is 5.77. The molecule has 1 fully saturated rings. The molecule has 1 aliphatic rings. The lowest BCUT2D eigenvalue weighted by molar-refractivity contribution is -0.0273. The molecular formula is C18H27NO3. The summed E-state index contributed by atoms with van der Waals surface area (Å²) in [6.45, 7) is 12.4. The van der Waals surface area contributed by atoms with E-state index in [1.165, 1.54) is 5.23 Å². The standard InChI is InChI=1S/C18H27NO3/c1-13(2)7-8-14-9-15(12-20)11-16(10-14)19-21-17(3,4)18(5,6)22-19/h9-13H,7-8H2,1-6H3. The van der Waals surface area contributed by atoms with E-state index in [2.05, 4.69) is 13.8 Å². The molecule has 0 saturated carbocycles. The van der Waals surface area contributed by atoms with E-state index in [1.807, 2.05) is 39.8 Å². The molecule has 122 valence electrons. The molecule has 4 heteroatoms. The number of hydrogen-bond donors (Lipinski definition) is 0. The van der Waals surface area contributed by atoms with Crippen molar-refractivity contribution in [3.8, 4) is 0 Å². The Kier molecular flexibility index (Phi) is 4.64. The molecule has 0 spiro atoms. The molecule has 22 heavy (non-hydrogen) atoms. The Labute approximate surface area is 133 Å². The minimum atomic E-state index is -0.442. The Balaban J connectivity index is 2.27. The Morgan fingerprint density at radius 2 is 1.68 bits per heavy atom. The lowest BCUT2D eigenvalue weighted by atomic mass is 9.90. The van der Waals surface area contributed by atoms with Gasteiger partial charge < -0.3 is 0 Å². The van der Waals surface area contributed by atoms with Crippen molar-refractivity contribution in [2.45, 2.75) is 65.6 Å². The van der Waals surface area contributed by atoms with Crippen LogP contribution in [0.1, 0.15) is 63.9 Å². The summed E-state index contributed by atoms with van der Waals surface area (Å²) >= 11 is 0. The van der Waals surface area contributed by atoms with Gasteiger partial charge in [0, 0.05) is 5.56 Å². The molecule has 1 aromatic carbocycles. The second-order valence-electron chi connectivity index (χ2n) is 7.44. The summed E-state index contributed by atoms with van der Waals surface area (Å²) < 4.78 is 0. The highest BCUT2D eigenvalue weighted by Gasteiger charge is 2.50. The van der Waals surface area contributed by atoms with E-state index in [0.29, 0.717) is 11.5 Å². The Hall–Kier alpha value is -1.39. The summed E-state index contributed by atoms with van der Waals surface area (Å²) in [6.07, 6.45) is 2.89. The first-order valence-corrected chi connectivity index (χ1v) is 7.92. The van der Waals surface area contributed by atoms with Crippen LogP contribution >= 0.6 is 0 Å². The lowest BCUT2D eigenvalue weighted by Gasteiger charge is -2.26. The van der Waals surface area contributed by atoms with Crippen LogP contribution in [0.4, 0.5) is 5.69 Å². The minimum Gasteiger partial charge on any atom is -0.298 e. The summed E-state index contributed by atoms with van der Waals surface area (Å²) in [7, 11) is 0. The molecule has 1 aliphatic heterocycles. The van der Waals surface area contributed by atoms with Gasteiger partial charge in [-0.2, -0.15) is 0 Å². The van der Waals surface area contributed by atoms with E-state index in [1.54, 1.807) is 6.07 Å². The SMILES string of the molecule is CC(C)CCc1cc(C=O)cc(N2OC(C)(C)C(C)(C)O2)c1. The highest BCUT2D eigenvalue weighted by Crippen LogP contribution is 2.40. The van der Waals surface area contributed by atoms with Gasteiger partial charge in [0.2, 0.25) is 0 Å². The van der Waals surface area contributed by atoms with Crippen molar-refractivity contribution in [3.05, 3.63) is 29.3 Å². The van der Waals surface area contributed by atoms with Crippen LogP contribution in [0.3, 0.4) is 0 Å². The van der Waals surface area contributed by atoms with Gasteiger partial charge in [0.05, 0.1) is 5.69 Å². The van der Waals surface area contributed by atoms with Crippen LogP contribution < -0.4 is 5.23 Å². The van der Waals surface area contributed by atoms with Gasteiger partial charge in [0.25, 0.3) is 0 Å². The molecule has 0 N–H and O–H groups in total. The van der Waals surface area contributed by atoms with Crippen molar-refractivity contribution >= 4 is 12.0 Å². The third-order valence-corrected chi connectivity index (χ3v) is 4.43. The number of benzene rings is 1. The van der Waals surface area contributed by atoms with E-state index in [9.17, 15) is 4.79 Å². The predicted molar refractivity (Wildman–Crippen MR) is 87.8 cm³/mol. The number of carbonyl (C=O) groups is 1. The topological polar surface area (TPSA) is 38.8 Å². The lowest BCUT2D eigenvalue weighted by Crippen LogP contribution is -2.41. The van der Waals surface area contributed by atoms with E-state index in [0.717, 1.165) is 30.4 Å². The third kappa shape index (κ3) is 3.50. The number of aryl methyl sites for hydroxylation is 1. The molecule has 0 bridgehead atoms. The summed E-state index contributed by atoms with van der Waals surface area (Å²) in [6, 6.07) is 5.77. The number of anilines is 1. The second kappa shape index (κ2) is 6.01. The first kappa shape index (κ1) is 17.0. The highest BCUT2D eigenvalue weighted by atomic mass is 17.0.